The van der Waals surface area contributed by atoms with Crippen molar-refractivity contribution in [2.24, 2.45) is 0 Å². The van der Waals surface area contributed by atoms with Gasteiger partial charge in [0.15, 0.2) is 0 Å². The molecule has 1 aromatic heterocycles. The maximum Gasteiger partial charge on any atom is 0.331 e. The smallest absolute Gasteiger partial charge is 0.306 e. The van der Waals surface area contributed by atoms with Crippen LogP contribution in [0.2, 0.25) is 5.02 Å². The van der Waals surface area contributed by atoms with Gasteiger partial charge in [-0.25, -0.2) is 9.78 Å². The maximum atomic E-state index is 11.7. The first-order valence-electron chi connectivity index (χ1n) is 4.69. The van der Waals surface area contributed by atoms with E-state index in [1.165, 1.54) is 29.4 Å². The van der Waals surface area contributed by atoms with Crippen molar-refractivity contribution in [1.29, 1.82) is 5.26 Å². The van der Waals surface area contributed by atoms with Crippen molar-refractivity contribution in [3.05, 3.63) is 47.5 Å². The van der Waals surface area contributed by atoms with Gasteiger partial charge in [-0.2, -0.15) is 5.26 Å². The lowest BCUT2D eigenvalue weighted by Gasteiger charge is -2.07. The van der Waals surface area contributed by atoms with Crippen LogP contribution in [0, 0.1) is 11.3 Å². The quantitative estimate of drug-likeness (QED) is 0.840. The number of aromatic nitrogens is 2. The van der Waals surface area contributed by atoms with Crippen molar-refractivity contribution in [2.75, 3.05) is 5.32 Å². The molecule has 2 aromatic rings. The van der Waals surface area contributed by atoms with Gasteiger partial charge in [0.25, 0.3) is 0 Å². The molecule has 5 nitrogen and oxygen atoms in total. The Bertz CT molecular complexity index is 586. The van der Waals surface area contributed by atoms with Crippen LogP contribution < -0.4 is 5.32 Å². The molecule has 0 bridgehead atoms. The van der Waals surface area contributed by atoms with Crippen LogP contribution in [0.1, 0.15) is 5.56 Å². The molecule has 0 unspecified atom stereocenters. The predicted molar refractivity (Wildman–Crippen MR) is 62.8 cm³/mol. The Morgan fingerprint density at radius 1 is 1.53 bits per heavy atom. The third-order valence-electron chi connectivity index (χ3n) is 2.08. The second-order valence-electron chi connectivity index (χ2n) is 3.20. The topological polar surface area (TPSA) is 70.7 Å². The van der Waals surface area contributed by atoms with Crippen LogP contribution in [0.25, 0.3) is 0 Å². The third kappa shape index (κ3) is 2.44. The fourth-order valence-corrected chi connectivity index (χ4v) is 1.45. The normalized spacial score (nSPS) is 9.65. The highest BCUT2D eigenvalue weighted by Crippen LogP contribution is 2.20. The lowest BCUT2D eigenvalue weighted by molar-refractivity contribution is 0.253. The Balaban J connectivity index is 2.27. The highest BCUT2D eigenvalue weighted by molar-refractivity contribution is 6.31. The lowest BCUT2D eigenvalue weighted by atomic mass is 10.2. The van der Waals surface area contributed by atoms with Gasteiger partial charge in [-0.1, -0.05) is 11.6 Å². The molecule has 0 saturated carbocycles. The minimum absolute atomic E-state index is 0.350. The number of anilines is 1. The summed E-state index contributed by atoms with van der Waals surface area (Å²) in [6, 6.07) is 6.23. The minimum atomic E-state index is -0.402. The van der Waals surface area contributed by atoms with E-state index in [0.717, 1.165) is 0 Å². The van der Waals surface area contributed by atoms with Gasteiger partial charge in [0.1, 0.15) is 12.4 Å². The SMILES string of the molecule is N#Cc1ccc(Cl)cc1NC(=O)n1ccnc1. The van der Waals surface area contributed by atoms with Crippen molar-refractivity contribution >= 4 is 23.3 Å². The molecule has 0 spiro atoms. The van der Waals surface area contributed by atoms with E-state index in [1.54, 1.807) is 12.1 Å². The van der Waals surface area contributed by atoms with Gasteiger partial charge in [0.2, 0.25) is 0 Å². The van der Waals surface area contributed by atoms with E-state index in [4.69, 9.17) is 16.9 Å². The molecule has 0 fully saturated rings. The first-order valence-corrected chi connectivity index (χ1v) is 5.07. The summed E-state index contributed by atoms with van der Waals surface area (Å²) in [6.07, 6.45) is 4.36. The number of amides is 1. The average molecular weight is 247 g/mol. The first-order chi connectivity index (χ1) is 8.20. The van der Waals surface area contributed by atoms with E-state index in [2.05, 4.69) is 10.3 Å². The van der Waals surface area contributed by atoms with Crippen LogP contribution in [0.3, 0.4) is 0 Å². The molecule has 1 heterocycles. The summed E-state index contributed by atoms with van der Waals surface area (Å²) in [5, 5.41) is 11.9. The third-order valence-corrected chi connectivity index (χ3v) is 2.32. The molecule has 0 aliphatic carbocycles. The molecular formula is C11H7ClN4O. The van der Waals surface area contributed by atoms with Crippen LogP contribution in [0.4, 0.5) is 10.5 Å². The van der Waals surface area contributed by atoms with E-state index in [-0.39, 0.29) is 0 Å². The van der Waals surface area contributed by atoms with Crippen molar-refractivity contribution in [3.8, 4) is 6.07 Å². The zero-order chi connectivity index (χ0) is 12.3. The first kappa shape index (κ1) is 11.2. The summed E-state index contributed by atoms with van der Waals surface area (Å²) in [5.41, 5.74) is 0.724. The molecule has 0 saturated heterocycles. The molecule has 17 heavy (non-hydrogen) atoms. The van der Waals surface area contributed by atoms with Gasteiger partial charge in [-0.3, -0.25) is 4.57 Å². The number of hydrogen-bond acceptors (Lipinski definition) is 3. The van der Waals surface area contributed by atoms with Gasteiger partial charge in [0, 0.05) is 17.4 Å². The maximum absolute atomic E-state index is 11.7. The van der Waals surface area contributed by atoms with Crippen molar-refractivity contribution in [2.45, 2.75) is 0 Å². The van der Waals surface area contributed by atoms with Crippen LogP contribution in [-0.2, 0) is 0 Å². The van der Waals surface area contributed by atoms with Crippen molar-refractivity contribution in [3.63, 3.8) is 0 Å². The highest BCUT2D eigenvalue weighted by Gasteiger charge is 2.08. The number of imidazole rings is 1. The summed E-state index contributed by atoms with van der Waals surface area (Å²) >= 11 is 5.80. The van der Waals surface area contributed by atoms with Crippen LogP contribution in [0.15, 0.2) is 36.9 Å². The predicted octanol–water partition coefficient (Wildman–Crippen LogP) is 2.49. The summed E-state index contributed by atoms with van der Waals surface area (Å²) in [6.45, 7) is 0. The number of benzene rings is 1. The summed E-state index contributed by atoms with van der Waals surface area (Å²) in [4.78, 5) is 15.5. The molecule has 6 heteroatoms. The molecule has 84 valence electrons. The van der Waals surface area contributed by atoms with Crippen molar-refractivity contribution in [1.82, 2.24) is 9.55 Å². The largest absolute Gasteiger partial charge is 0.331 e. The van der Waals surface area contributed by atoms with E-state index in [9.17, 15) is 4.79 Å². The molecule has 1 N–H and O–H groups in total. The number of nitrogens with zero attached hydrogens (tertiary/aromatic N) is 3. The summed E-state index contributed by atoms with van der Waals surface area (Å²) in [5.74, 6) is 0. The van der Waals surface area contributed by atoms with E-state index >= 15 is 0 Å². The Morgan fingerprint density at radius 3 is 3.00 bits per heavy atom. The fourth-order valence-electron chi connectivity index (χ4n) is 1.28. The molecule has 0 aliphatic rings. The summed E-state index contributed by atoms with van der Waals surface area (Å²) < 4.78 is 1.27. The number of carbonyl (C=O) groups is 1. The molecule has 0 atom stereocenters. The van der Waals surface area contributed by atoms with Crippen molar-refractivity contribution < 1.29 is 4.79 Å². The second-order valence-corrected chi connectivity index (χ2v) is 3.64. The van der Waals surface area contributed by atoms with Gasteiger partial charge < -0.3 is 5.32 Å². The van der Waals surface area contributed by atoms with Crippen LogP contribution >= 0.6 is 11.6 Å². The van der Waals surface area contributed by atoms with E-state index < -0.39 is 6.03 Å². The van der Waals surface area contributed by atoms with Gasteiger partial charge >= 0.3 is 6.03 Å². The molecule has 1 aromatic carbocycles. The Morgan fingerprint density at radius 2 is 2.35 bits per heavy atom. The van der Waals surface area contributed by atoms with Gasteiger partial charge in [-0.05, 0) is 18.2 Å². The molecule has 0 aliphatic heterocycles. The molecule has 2 rings (SSSR count). The standard InChI is InChI=1S/C11H7ClN4O/c12-9-2-1-8(6-13)10(5-9)15-11(17)16-4-3-14-7-16/h1-5,7H,(H,15,17). The van der Waals surface area contributed by atoms with Crippen LogP contribution in [0.5, 0.6) is 0 Å². The number of nitriles is 1. The van der Waals surface area contributed by atoms with E-state index in [1.807, 2.05) is 6.07 Å². The molecule has 0 radical (unpaired) electrons. The molecular weight excluding hydrogens is 240 g/mol. The highest BCUT2D eigenvalue weighted by atomic mass is 35.5. The number of rotatable bonds is 1. The second kappa shape index (κ2) is 4.68. The molecule has 1 amide bonds. The fraction of sp³-hybridized carbons (Fsp3) is 0. The Labute approximate surface area is 102 Å². The monoisotopic (exact) mass is 246 g/mol. The Hall–Kier alpha value is -2.32. The lowest BCUT2D eigenvalue weighted by Crippen LogP contribution is -2.18. The number of carbonyl (C=O) groups excluding carboxylic acids is 1. The summed E-state index contributed by atoms with van der Waals surface area (Å²) in [7, 11) is 0. The van der Waals surface area contributed by atoms with Crippen LogP contribution in [-0.4, -0.2) is 15.6 Å². The van der Waals surface area contributed by atoms with Gasteiger partial charge in [0.05, 0.1) is 11.3 Å². The average Bonchev–Trinajstić information content (AvgIpc) is 2.83. The Kier molecular flexibility index (Phi) is 3.08. The number of nitrogens with one attached hydrogen (secondary N) is 1. The van der Waals surface area contributed by atoms with E-state index in [0.29, 0.717) is 16.3 Å². The van der Waals surface area contributed by atoms with Gasteiger partial charge in [-0.15, -0.1) is 0 Å². The number of halogens is 1. The zero-order valence-electron chi connectivity index (χ0n) is 8.59. The zero-order valence-corrected chi connectivity index (χ0v) is 9.35. The minimum Gasteiger partial charge on any atom is -0.306 e. The number of hydrogen-bond donors (Lipinski definition) is 1.